The Balaban J connectivity index is 2.47. The van der Waals surface area contributed by atoms with Crippen molar-refractivity contribution in [1.82, 2.24) is 4.98 Å². The molecular formula is C13H12N2O2. The molecule has 1 N–H and O–H groups in total. The highest BCUT2D eigenvalue weighted by atomic mass is 16.4. The smallest absolute Gasteiger partial charge is 0.416 e. The first-order chi connectivity index (χ1) is 8.18. The number of pyridine rings is 1. The van der Waals surface area contributed by atoms with Gasteiger partial charge in [-0.1, -0.05) is 18.2 Å². The summed E-state index contributed by atoms with van der Waals surface area (Å²) >= 11 is 0. The first-order valence-corrected chi connectivity index (χ1v) is 5.19. The van der Waals surface area contributed by atoms with E-state index >= 15 is 0 Å². The van der Waals surface area contributed by atoms with Crippen LogP contribution in [0.2, 0.25) is 0 Å². The number of carboxylic acid groups (broad SMARTS) is 1. The Morgan fingerprint density at radius 2 is 1.88 bits per heavy atom. The Hall–Kier alpha value is -2.36. The number of anilines is 2. The molecule has 0 aliphatic rings. The molecule has 0 atom stereocenters. The van der Waals surface area contributed by atoms with Crippen molar-refractivity contribution in [3.05, 3.63) is 54.4 Å². The fraction of sp³-hybridized carbons (Fsp3) is 0.0769. The van der Waals surface area contributed by atoms with Gasteiger partial charge >= 0.3 is 6.09 Å². The van der Waals surface area contributed by atoms with Gasteiger partial charge in [0.1, 0.15) is 0 Å². The number of aromatic nitrogens is 1. The molecule has 0 radical (unpaired) electrons. The second-order valence-electron chi connectivity index (χ2n) is 3.61. The maximum atomic E-state index is 11.3. The zero-order valence-corrected chi connectivity index (χ0v) is 9.37. The molecule has 0 bridgehead atoms. The van der Waals surface area contributed by atoms with Crippen molar-refractivity contribution < 1.29 is 9.90 Å². The van der Waals surface area contributed by atoms with Crippen LogP contribution >= 0.6 is 0 Å². The van der Waals surface area contributed by atoms with E-state index in [9.17, 15) is 9.90 Å². The van der Waals surface area contributed by atoms with E-state index in [0.717, 1.165) is 5.69 Å². The number of rotatable bonds is 2. The van der Waals surface area contributed by atoms with Gasteiger partial charge < -0.3 is 5.11 Å². The Labute approximate surface area is 99.2 Å². The van der Waals surface area contributed by atoms with E-state index in [2.05, 4.69) is 4.98 Å². The molecule has 1 amide bonds. The predicted molar refractivity (Wildman–Crippen MR) is 65.6 cm³/mol. The Bertz CT molecular complexity index is 526. The molecule has 0 unspecified atom stereocenters. The predicted octanol–water partition coefficient (Wildman–Crippen LogP) is 3.21. The highest BCUT2D eigenvalue weighted by Gasteiger charge is 2.16. The fourth-order valence-corrected chi connectivity index (χ4v) is 1.62. The minimum Gasteiger partial charge on any atom is -0.464 e. The summed E-state index contributed by atoms with van der Waals surface area (Å²) in [4.78, 5) is 16.6. The third kappa shape index (κ3) is 2.42. The summed E-state index contributed by atoms with van der Waals surface area (Å²) in [5.74, 6) is 0. The summed E-state index contributed by atoms with van der Waals surface area (Å²) in [6, 6.07) is 12.4. The molecule has 0 saturated heterocycles. The SMILES string of the molecule is Cc1cc(N(C(=O)O)c2ccccc2)ccn1. The Morgan fingerprint density at radius 3 is 2.47 bits per heavy atom. The number of benzene rings is 1. The molecule has 0 aliphatic carbocycles. The molecular weight excluding hydrogens is 216 g/mol. The first kappa shape index (κ1) is 11.1. The van der Waals surface area contributed by atoms with Crippen molar-refractivity contribution in [3.63, 3.8) is 0 Å². The van der Waals surface area contributed by atoms with Crippen molar-refractivity contribution in [2.24, 2.45) is 0 Å². The molecule has 1 aromatic carbocycles. The van der Waals surface area contributed by atoms with Crippen molar-refractivity contribution >= 4 is 17.5 Å². The fourth-order valence-electron chi connectivity index (χ4n) is 1.62. The van der Waals surface area contributed by atoms with Gasteiger partial charge in [0.15, 0.2) is 0 Å². The summed E-state index contributed by atoms with van der Waals surface area (Å²) in [7, 11) is 0. The third-order valence-electron chi connectivity index (χ3n) is 2.34. The lowest BCUT2D eigenvalue weighted by atomic mass is 10.2. The van der Waals surface area contributed by atoms with Gasteiger partial charge in [-0.2, -0.15) is 0 Å². The lowest BCUT2D eigenvalue weighted by molar-refractivity contribution is 0.205. The van der Waals surface area contributed by atoms with Crippen LogP contribution in [0.5, 0.6) is 0 Å². The number of hydrogen-bond acceptors (Lipinski definition) is 2. The first-order valence-electron chi connectivity index (χ1n) is 5.19. The largest absolute Gasteiger partial charge is 0.464 e. The maximum Gasteiger partial charge on any atom is 0.416 e. The molecule has 1 heterocycles. The number of nitrogens with zero attached hydrogens (tertiary/aromatic N) is 2. The van der Waals surface area contributed by atoms with Gasteiger partial charge in [0.25, 0.3) is 0 Å². The molecule has 0 saturated carbocycles. The van der Waals surface area contributed by atoms with Crippen LogP contribution in [0.4, 0.5) is 16.2 Å². The van der Waals surface area contributed by atoms with E-state index < -0.39 is 6.09 Å². The van der Waals surface area contributed by atoms with E-state index in [1.165, 1.54) is 4.90 Å². The van der Waals surface area contributed by atoms with Gasteiger partial charge in [-0.25, -0.2) is 9.69 Å². The van der Waals surface area contributed by atoms with Gasteiger partial charge in [-0.05, 0) is 31.2 Å². The van der Waals surface area contributed by atoms with E-state index in [-0.39, 0.29) is 0 Å². The highest BCUT2D eigenvalue weighted by molar-refractivity contribution is 5.94. The molecule has 2 aromatic rings. The summed E-state index contributed by atoms with van der Waals surface area (Å²) in [5, 5.41) is 9.28. The van der Waals surface area contributed by atoms with Crippen LogP contribution in [0.3, 0.4) is 0 Å². The lowest BCUT2D eigenvalue weighted by Gasteiger charge is -2.19. The average Bonchev–Trinajstić information content (AvgIpc) is 2.30. The summed E-state index contributed by atoms with van der Waals surface area (Å²) < 4.78 is 0. The normalized spacial score (nSPS) is 9.94. The number of hydrogen-bond donors (Lipinski definition) is 1. The zero-order valence-electron chi connectivity index (χ0n) is 9.37. The number of amides is 1. The molecule has 0 aliphatic heterocycles. The quantitative estimate of drug-likeness (QED) is 0.858. The zero-order chi connectivity index (χ0) is 12.3. The van der Waals surface area contributed by atoms with Crippen molar-refractivity contribution in [2.75, 3.05) is 4.90 Å². The lowest BCUT2D eigenvalue weighted by Crippen LogP contribution is -2.23. The van der Waals surface area contributed by atoms with Gasteiger partial charge in [-0.15, -0.1) is 0 Å². The van der Waals surface area contributed by atoms with Crippen LogP contribution in [0.25, 0.3) is 0 Å². The van der Waals surface area contributed by atoms with Gasteiger partial charge in [-0.3, -0.25) is 4.98 Å². The van der Waals surface area contributed by atoms with Crippen LogP contribution in [-0.4, -0.2) is 16.2 Å². The summed E-state index contributed by atoms with van der Waals surface area (Å²) in [6.07, 6.45) is 0.589. The van der Waals surface area contributed by atoms with Gasteiger partial charge in [0, 0.05) is 11.9 Å². The van der Waals surface area contributed by atoms with Crippen molar-refractivity contribution in [3.8, 4) is 0 Å². The van der Waals surface area contributed by atoms with Crippen LogP contribution in [0.15, 0.2) is 48.7 Å². The van der Waals surface area contributed by atoms with E-state index in [4.69, 9.17) is 0 Å². The van der Waals surface area contributed by atoms with Crippen LogP contribution < -0.4 is 4.90 Å². The Kier molecular flexibility index (Phi) is 3.05. The molecule has 4 heteroatoms. The molecule has 86 valence electrons. The molecule has 4 nitrogen and oxygen atoms in total. The van der Waals surface area contributed by atoms with E-state index in [1.54, 1.807) is 42.6 Å². The molecule has 1 aromatic heterocycles. The van der Waals surface area contributed by atoms with Crippen LogP contribution in [-0.2, 0) is 0 Å². The standard InChI is InChI=1S/C13H12N2O2/c1-10-9-12(7-8-14-10)15(13(16)17)11-5-3-2-4-6-11/h2-9H,1H3,(H,16,17). The second kappa shape index (κ2) is 4.65. The topological polar surface area (TPSA) is 53.4 Å². The van der Waals surface area contributed by atoms with Gasteiger partial charge in [0.05, 0.1) is 11.4 Å². The number of aryl methyl sites for hydroxylation is 1. The molecule has 0 spiro atoms. The highest BCUT2D eigenvalue weighted by Crippen LogP contribution is 2.25. The van der Waals surface area contributed by atoms with E-state index in [0.29, 0.717) is 11.4 Å². The molecule has 0 fully saturated rings. The average molecular weight is 228 g/mol. The van der Waals surface area contributed by atoms with E-state index in [1.807, 2.05) is 13.0 Å². The number of para-hydroxylation sites is 1. The third-order valence-corrected chi connectivity index (χ3v) is 2.34. The van der Waals surface area contributed by atoms with Crippen LogP contribution in [0, 0.1) is 6.92 Å². The minimum atomic E-state index is -1.01. The van der Waals surface area contributed by atoms with Crippen molar-refractivity contribution in [1.29, 1.82) is 0 Å². The van der Waals surface area contributed by atoms with Crippen LogP contribution in [0.1, 0.15) is 5.69 Å². The summed E-state index contributed by atoms with van der Waals surface area (Å²) in [6.45, 7) is 1.83. The molecule has 2 rings (SSSR count). The number of carbonyl (C=O) groups is 1. The minimum absolute atomic E-state index is 0.594. The van der Waals surface area contributed by atoms with Crippen molar-refractivity contribution in [2.45, 2.75) is 6.92 Å². The van der Waals surface area contributed by atoms with Gasteiger partial charge in [0.2, 0.25) is 0 Å². The Morgan fingerprint density at radius 1 is 1.18 bits per heavy atom. The maximum absolute atomic E-state index is 11.3. The monoisotopic (exact) mass is 228 g/mol. The summed E-state index contributed by atoms with van der Waals surface area (Å²) in [5.41, 5.74) is 1.99. The molecule has 17 heavy (non-hydrogen) atoms. The second-order valence-corrected chi connectivity index (χ2v) is 3.61.